The maximum atomic E-state index is 13.6. The predicted octanol–water partition coefficient (Wildman–Crippen LogP) is 1.83. The molecule has 0 radical (unpaired) electrons. The van der Waals surface area contributed by atoms with Crippen molar-refractivity contribution in [3.8, 4) is 0 Å². The second-order valence-corrected chi connectivity index (χ2v) is 6.71. The van der Waals surface area contributed by atoms with Crippen LogP contribution in [0.5, 0.6) is 0 Å². The Hall–Kier alpha value is -0.690. The van der Waals surface area contributed by atoms with Gasteiger partial charge in [-0.25, -0.2) is 17.5 Å². The Bertz CT molecular complexity index is 545. The molecule has 0 aliphatic carbocycles. The van der Waals surface area contributed by atoms with Crippen LogP contribution in [0.15, 0.2) is 23.1 Å². The molecule has 1 aliphatic heterocycles. The van der Waals surface area contributed by atoms with Gasteiger partial charge in [0.1, 0.15) is 10.7 Å². The summed E-state index contributed by atoms with van der Waals surface area (Å²) in [7, 11) is -3.74. The lowest BCUT2D eigenvalue weighted by Crippen LogP contribution is -2.27. The van der Waals surface area contributed by atoms with Crippen molar-refractivity contribution < 1.29 is 12.8 Å². The van der Waals surface area contributed by atoms with Crippen molar-refractivity contribution in [1.82, 2.24) is 10.0 Å². The molecule has 20 heavy (non-hydrogen) atoms. The van der Waals surface area contributed by atoms with Gasteiger partial charge in [0.15, 0.2) is 0 Å². The van der Waals surface area contributed by atoms with Crippen molar-refractivity contribution in [1.29, 1.82) is 0 Å². The number of hydrogen-bond donors (Lipinski definition) is 2. The first-order chi connectivity index (χ1) is 8.99. The van der Waals surface area contributed by atoms with E-state index in [-0.39, 0.29) is 17.3 Å². The third-order valence-corrected chi connectivity index (χ3v) is 4.88. The molecule has 1 aromatic rings. The van der Waals surface area contributed by atoms with Crippen molar-refractivity contribution >= 4 is 22.4 Å². The first-order valence-electron chi connectivity index (χ1n) is 6.45. The van der Waals surface area contributed by atoms with E-state index in [0.29, 0.717) is 18.0 Å². The van der Waals surface area contributed by atoms with Crippen molar-refractivity contribution in [3.63, 3.8) is 0 Å². The molecule has 1 heterocycles. The molecular formula is C13H20ClFN2O2S. The normalized spacial score (nSPS) is 18.8. The number of nitrogens with one attached hydrogen (secondary N) is 2. The monoisotopic (exact) mass is 322 g/mol. The van der Waals surface area contributed by atoms with E-state index in [1.165, 1.54) is 12.1 Å². The van der Waals surface area contributed by atoms with Gasteiger partial charge in [0.25, 0.3) is 0 Å². The fourth-order valence-electron chi connectivity index (χ4n) is 2.26. The van der Waals surface area contributed by atoms with Crippen LogP contribution in [0.1, 0.15) is 18.4 Å². The van der Waals surface area contributed by atoms with Crippen LogP contribution in [0, 0.1) is 18.7 Å². The van der Waals surface area contributed by atoms with Crippen LogP contribution < -0.4 is 10.0 Å². The van der Waals surface area contributed by atoms with Gasteiger partial charge in [0.05, 0.1) is 0 Å². The Kier molecular flexibility index (Phi) is 6.39. The molecule has 114 valence electrons. The summed E-state index contributed by atoms with van der Waals surface area (Å²) < 4.78 is 40.1. The largest absolute Gasteiger partial charge is 0.316 e. The van der Waals surface area contributed by atoms with E-state index in [0.717, 1.165) is 25.9 Å². The Labute approximate surface area is 125 Å². The summed E-state index contributed by atoms with van der Waals surface area (Å²) in [6, 6.07) is 4.14. The summed E-state index contributed by atoms with van der Waals surface area (Å²) in [5.41, 5.74) is 0.702. The lowest BCUT2D eigenvalue weighted by atomic mass is 10.1. The minimum Gasteiger partial charge on any atom is -0.316 e. The van der Waals surface area contributed by atoms with E-state index in [2.05, 4.69) is 10.0 Å². The number of aryl methyl sites for hydroxylation is 1. The highest BCUT2D eigenvalue weighted by Gasteiger charge is 2.20. The van der Waals surface area contributed by atoms with E-state index in [4.69, 9.17) is 0 Å². The lowest BCUT2D eigenvalue weighted by Gasteiger charge is -2.10. The molecule has 0 saturated carbocycles. The first-order valence-corrected chi connectivity index (χ1v) is 7.94. The number of benzene rings is 1. The van der Waals surface area contributed by atoms with Crippen LogP contribution >= 0.6 is 12.4 Å². The molecular weight excluding hydrogens is 303 g/mol. The zero-order valence-electron chi connectivity index (χ0n) is 11.4. The van der Waals surface area contributed by atoms with Gasteiger partial charge in [0, 0.05) is 6.54 Å². The molecule has 1 saturated heterocycles. The fourth-order valence-corrected chi connectivity index (χ4v) is 3.36. The molecule has 7 heteroatoms. The minimum atomic E-state index is -3.74. The lowest BCUT2D eigenvalue weighted by molar-refractivity contribution is 0.515. The molecule has 1 aliphatic rings. The van der Waals surface area contributed by atoms with E-state index in [9.17, 15) is 12.8 Å². The van der Waals surface area contributed by atoms with Gasteiger partial charge < -0.3 is 5.32 Å². The third kappa shape index (κ3) is 4.41. The maximum absolute atomic E-state index is 13.6. The standard InChI is InChI=1S/C13H19FN2O2S.ClH/c1-10-2-3-13(12(14)8-10)19(17,18)16-7-5-11-4-6-15-9-11;/h2-3,8,11,15-16H,4-7,9H2,1H3;1H. The summed E-state index contributed by atoms with van der Waals surface area (Å²) in [5, 5.41) is 3.23. The molecule has 1 fully saturated rings. The first kappa shape index (κ1) is 17.4. The molecule has 0 aromatic heterocycles. The molecule has 2 rings (SSSR count). The zero-order chi connectivity index (χ0) is 13.9. The minimum absolute atomic E-state index is 0. The predicted molar refractivity (Wildman–Crippen MR) is 79.2 cm³/mol. The topological polar surface area (TPSA) is 58.2 Å². The van der Waals surface area contributed by atoms with Crippen LogP contribution in [0.25, 0.3) is 0 Å². The van der Waals surface area contributed by atoms with Crippen LogP contribution in [0.4, 0.5) is 4.39 Å². The summed E-state index contributed by atoms with van der Waals surface area (Å²) in [4.78, 5) is -0.275. The number of sulfonamides is 1. The summed E-state index contributed by atoms with van der Waals surface area (Å²) >= 11 is 0. The molecule has 1 aromatic carbocycles. The summed E-state index contributed by atoms with van der Waals surface area (Å²) in [6.07, 6.45) is 1.85. The molecule has 0 spiro atoms. The van der Waals surface area contributed by atoms with Crippen molar-refractivity contribution in [2.45, 2.75) is 24.7 Å². The van der Waals surface area contributed by atoms with E-state index in [1.54, 1.807) is 13.0 Å². The van der Waals surface area contributed by atoms with Crippen LogP contribution in [0.3, 0.4) is 0 Å². The van der Waals surface area contributed by atoms with Gasteiger partial charge in [-0.1, -0.05) is 6.07 Å². The Morgan fingerprint density at radius 3 is 2.80 bits per heavy atom. The summed E-state index contributed by atoms with van der Waals surface area (Å²) in [6.45, 7) is 3.99. The highest BCUT2D eigenvalue weighted by molar-refractivity contribution is 7.89. The van der Waals surface area contributed by atoms with Gasteiger partial charge in [-0.2, -0.15) is 0 Å². The highest BCUT2D eigenvalue weighted by atomic mass is 35.5. The second-order valence-electron chi connectivity index (χ2n) is 4.98. The maximum Gasteiger partial charge on any atom is 0.243 e. The number of hydrogen-bond acceptors (Lipinski definition) is 3. The van der Waals surface area contributed by atoms with Crippen molar-refractivity contribution in [3.05, 3.63) is 29.6 Å². The van der Waals surface area contributed by atoms with Gasteiger partial charge >= 0.3 is 0 Å². The van der Waals surface area contributed by atoms with Crippen LogP contribution in [0.2, 0.25) is 0 Å². The van der Waals surface area contributed by atoms with Crippen LogP contribution in [-0.4, -0.2) is 28.1 Å². The van der Waals surface area contributed by atoms with E-state index in [1.807, 2.05) is 0 Å². The molecule has 1 unspecified atom stereocenters. The smallest absolute Gasteiger partial charge is 0.243 e. The zero-order valence-corrected chi connectivity index (χ0v) is 13.0. The number of halogens is 2. The third-order valence-electron chi connectivity index (χ3n) is 3.38. The molecule has 0 amide bonds. The molecule has 0 bridgehead atoms. The van der Waals surface area contributed by atoms with E-state index < -0.39 is 15.8 Å². The average Bonchev–Trinajstić information content (AvgIpc) is 2.81. The fraction of sp³-hybridized carbons (Fsp3) is 0.538. The quantitative estimate of drug-likeness (QED) is 0.869. The Morgan fingerprint density at radius 1 is 1.45 bits per heavy atom. The van der Waals surface area contributed by atoms with Crippen LogP contribution in [-0.2, 0) is 10.0 Å². The van der Waals surface area contributed by atoms with Crippen molar-refractivity contribution in [2.75, 3.05) is 19.6 Å². The average molecular weight is 323 g/mol. The van der Waals surface area contributed by atoms with E-state index >= 15 is 0 Å². The second kappa shape index (κ2) is 7.36. The SMILES string of the molecule is Cc1ccc(S(=O)(=O)NCCC2CCNC2)c(F)c1.Cl. The van der Waals surface area contributed by atoms with Gasteiger partial charge in [-0.15, -0.1) is 12.4 Å². The number of rotatable bonds is 5. The Balaban J connectivity index is 0.00000200. The van der Waals surface area contributed by atoms with Gasteiger partial charge in [-0.05, 0) is 56.5 Å². The van der Waals surface area contributed by atoms with Gasteiger partial charge in [0.2, 0.25) is 10.0 Å². The molecule has 2 N–H and O–H groups in total. The molecule has 1 atom stereocenters. The van der Waals surface area contributed by atoms with Crippen molar-refractivity contribution in [2.24, 2.45) is 5.92 Å². The highest BCUT2D eigenvalue weighted by Crippen LogP contribution is 2.16. The van der Waals surface area contributed by atoms with Gasteiger partial charge in [-0.3, -0.25) is 0 Å². The Morgan fingerprint density at radius 2 is 2.20 bits per heavy atom. The summed E-state index contributed by atoms with van der Waals surface area (Å²) in [5.74, 6) is -0.194. The molecule has 4 nitrogen and oxygen atoms in total.